The summed E-state index contributed by atoms with van der Waals surface area (Å²) < 4.78 is 8.40. The minimum atomic E-state index is -0.417. The van der Waals surface area contributed by atoms with Gasteiger partial charge in [0.25, 0.3) is 0 Å². The number of carbonyl (C=O) groups is 1. The van der Waals surface area contributed by atoms with Crippen molar-refractivity contribution in [3.63, 3.8) is 0 Å². The molecule has 118 valence electrons. The lowest BCUT2D eigenvalue weighted by atomic mass is 9.98. The summed E-state index contributed by atoms with van der Waals surface area (Å²) in [6.07, 6.45) is 2.70. The smallest absolute Gasteiger partial charge is 0.238 e. The van der Waals surface area contributed by atoms with Crippen molar-refractivity contribution in [1.82, 2.24) is 4.90 Å². The number of benzene rings is 1. The number of hydrogen-bond acceptors (Lipinski definition) is 5. The first-order valence-corrected chi connectivity index (χ1v) is 8.31. The fourth-order valence-corrected chi connectivity index (χ4v) is 3.59. The SMILES string of the molecule is CC(O)C1CCCCN1CC(=O)Nc1cccc2c1N=S=N2. The van der Waals surface area contributed by atoms with Gasteiger partial charge < -0.3 is 10.4 Å². The van der Waals surface area contributed by atoms with Crippen LogP contribution in [-0.4, -0.2) is 41.1 Å². The molecule has 0 radical (unpaired) electrons. The number of nitrogens with one attached hydrogen (secondary N) is 1. The molecule has 7 heteroatoms. The van der Waals surface area contributed by atoms with Crippen molar-refractivity contribution < 1.29 is 9.90 Å². The Kier molecular flexibility index (Phi) is 4.66. The molecular weight excluding hydrogens is 300 g/mol. The van der Waals surface area contributed by atoms with Gasteiger partial charge in [0.05, 0.1) is 29.7 Å². The minimum Gasteiger partial charge on any atom is -0.392 e. The first-order valence-electron chi connectivity index (χ1n) is 7.58. The molecule has 6 nitrogen and oxygen atoms in total. The summed E-state index contributed by atoms with van der Waals surface area (Å²) in [5.41, 5.74) is 2.22. The molecule has 2 heterocycles. The second-order valence-electron chi connectivity index (χ2n) is 5.76. The molecule has 1 aromatic rings. The van der Waals surface area contributed by atoms with E-state index in [-0.39, 0.29) is 11.9 Å². The number of fused-ring (bicyclic) bond motifs is 1. The molecule has 2 N–H and O–H groups in total. The number of aliphatic hydroxyl groups is 1. The number of piperidine rings is 1. The topological polar surface area (TPSA) is 77.3 Å². The maximum absolute atomic E-state index is 12.3. The van der Waals surface area contributed by atoms with E-state index < -0.39 is 6.10 Å². The summed E-state index contributed by atoms with van der Waals surface area (Å²) in [5, 5.41) is 12.8. The van der Waals surface area contributed by atoms with E-state index in [4.69, 9.17) is 0 Å². The largest absolute Gasteiger partial charge is 0.392 e. The number of aliphatic hydroxyl groups excluding tert-OH is 1. The highest BCUT2D eigenvalue weighted by Crippen LogP contribution is 2.38. The van der Waals surface area contributed by atoms with E-state index in [0.29, 0.717) is 12.2 Å². The van der Waals surface area contributed by atoms with Crippen LogP contribution in [0.5, 0.6) is 0 Å². The van der Waals surface area contributed by atoms with Gasteiger partial charge in [-0.15, -0.1) is 0 Å². The molecule has 1 amide bonds. The summed E-state index contributed by atoms with van der Waals surface area (Å²) in [6.45, 7) is 2.94. The van der Waals surface area contributed by atoms with E-state index in [0.717, 1.165) is 48.5 Å². The van der Waals surface area contributed by atoms with Gasteiger partial charge in [-0.1, -0.05) is 12.5 Å². The van der Waals surface area contributed by atoms with Crippen LogP contribution in [0, 0.1) is 0 Å². The molecule has 0 bridgehead atoms. The lowest BCUT2D eigenvalue weighted by molar-refractivity contribution is -0.118. The number of likely N-dealkylation sites (tertiary alicyclic amines) is 1. The number of amides is 1. The average Bonchev–Trinajstić information content (AvgIpc) is 2.97. The van der Waals surface area contributed by atoms with Crippen LogP contribution in [-0.2, 0) is 16.1 Å². The zero-order chi connectivity index (χ0) is 15.5. The van der Waals surface area contributed by atoms with Crippen LogP contribution in [0.25, 0.3) is 0 Å². The van der Waals surface area contributed by atoms with Gasteiger partial charge in [-0.2, -0.15) is 8.73 Å². The lowest BCUT2D eigenvalue weighted by Crippen LogP contribution is -2.48. The van der Waals surface area contributed by atoms with Crippen LogP contribution in [0.3, 0.4) is 0 Å². The third kappa shape index (κ3) is 3.26. The Labute approximate surface area is 133 Å². The van der Waals surface area contributed by atoms with E-state index in [1.54, 1.807) is 6.92 Å². The number of hydrogen-bond donors (Lipinski definition) is 2. The molecule has 1 saturated heterocycles. The Hall–Kier alpha value is -1.57. The van der Waals surface area contributed by atoms with Gasteiger partial charge in [-0.05, 0) is 38.4 Å². The summed E-state index contributed by atoms with van der Waals surface area (Å²) in [5.74, 6) is -0.0759. The molecule has 2 atom stereocenters. The molecule has 0 aromatic heterocycles. The van der Waals surface area contributed by atoms with Crippen molar-refractivity contribution in [2.75, 3.05) is 18.4 Å². The van der Waals surface area contributed by atoms with Gasteiger partial charge in [-0.3, -0.25) is 9.69 Å². The Bertz CT molecular complexity index is 640. The van der Waals surface area contributed by atoms with Crippen LogP contribution < -0.4 is 5.32 Å². The van der Waals surface area contributed by atoms with Gasteiger partial charge in [0.2, 0.25) is 5.91 Å². The highest BCUT2D eigenvalue weighted by Gasteiger charge is 2.27. The first kappa shape index (κ1) is 15.3. The van der Waals surface area contributed by atoms with Gasteiger partial charge in [0.1, 0.15) is 11.4 Å². The summed E-state index contributed by atoms with van der Waals surface area (Å²) in [6, 6.07) is 5.64. The molecule has 0 saturated carbocycles. The van der Waals surface area contributed by atoms with Crippen molar-refractivity contribution in [2.45, 2.75) is 38.3 Å². The maximum atomic E-state index is 12.3. The summed E-state index contributed by atoms with van der Waals surface area (Å²) >= 11 is 1.14. The van der Waals surface area contributed by atoms with Crippen LogP contribution in [0.2, 0.25) is 0 Å². The Morgan fingerprint density at radius 3 is 3.18 bits per heavy atom. The van der Waals surface area contributed by atoms with E-state index in [9.17, 15) is 9.90 Å². The standard InChI is InChI=1S/C15H20N4O2S/c1-10(20)13-7-2-3-8-19(13)9-14(21)16-11-5-4-6-12-15(11)18-22-17-12/h4-6,10,13,20H,2-3,7-9H2,1H3,(H,16,21). The minimum absolute atomic E-state index is 0.0660. The van der Waals surface area contributed by atoms with Crippen LogP contribution in [0.15, 0.2) is 26.9 Å². The predicted molar refractivity (Wildman–Crippen MR) is 87.5 cm³/mol. The number of anilines is 1. The summed E-state index contributed by atoms with van der Waals surface area (Å²) in [4.78, 5) is 14.4. The van der Waals surface area contributed by atoms with E-state index in [1.165, 1.54) is 0 Å². The van der Waals surface area contributed by atoms with Crippen molar-refractivity contribution in [3.8, 4) is 0 Å². The van der Waals surface area contributed by atoms with E-state index in [2.05, 4.69) is 18.9 Å². The maximum Gasteiger partial charge on any atom is 0.238 e. The molecule has 1 fully saturated rings. The fraction of sp³-hybridized carbons (Fsp3) is 0.533. The molecular formula is C15H20N4O2S. The van der Waals surface area contributed by atoms with Crippen LogP contribution in [0.1, 0.15) is 26.2 Å². The second-order valence-corrected chi connectivity index (χ2v) is 6.29. The Balaban J connectivity index is 1.65. The van der Waals surface area contributed by atoms with Gasteiger partial charge in [-0.25, -0.2) is 0 Å². The fourth-order valence-electron chi connectivity index (χ4n) is 3.04. The molecule has 0 aliphatic carbocycles. The highest BCUT2D eigenvalue weighted by atomic mass is 32.1. The zero-order valence-electron chi connectivity index (χ0n) is 12.5. The second kappa shape index (κ2) is 6.68. The predicted octanol–water partition coefficient (Wildman–Crippen LogP) is 2.59. The quantitative estimate of drug-likeness (QED) is 0.909. The molecule has 0 spiro atoms. The number of rotatable bonds is 4. The zero-order valence-corrected chi connectivity index (χ0v) is 13.3. The van der Waals surface area contributed by atoms with Crippen LogP contribution >= 0.6 is 0 Å². The van der Waals surface area contributed by atoms with Gasteiger partial charge in [0.15, 0.2) is 0 Å². The molecule has 2 unspecified atom stereocenters. The molecule has 1 aromatic carbocycles. The third-order valence-corrected chi connectivity index (χ3v) is 4.67. The monoisotopic (exact) mass is 320 g/mol. The van der Waals surface area contributed by atoms with E-state index in [1.807, 2.05) is 18.2 Å². The van der Waals surface area contributed by atoms with E-state index >= 15 is 0 Å². The van der Waals surface area contributed by atoms with Crippen LogP contribution in [0.4, 0.5) is 17.1 Å². The van der Waals surface area contributed by atoms with Crippen molar-refractivity contribution in [3.05, 3.63) is 18.2 Å². The third-order valence-electron chi connectivity index (χ3n) is 4.13. The Morgan fingerprint density at radius 2 is 2.36 bits per heavy atom. The normalized spacial score (nSPS) is 22.0. The average molecular weight is 320 g/mol. The van der Waals surface area contributed by atoms with Gasteiger partial charge in [0, 0.05) is 6.04 Å². The molecule has 22 heavy (non-hydrogen) atoms. The van der Waals surface area contributed by atoms with Gasteiger partial charge >= 0.3 is 0 Å². The summed E-state index contributed by atoms with van der Waals surface area (Å²) in [7, 11) is 0. The Morgan fingerprint density at radius 1 is 1.50 bits per heavy atom. The number of nitrogens with zero attached hydrogens (tertiary/aromatic N) is 3. The van der Waals surface area contributed by atoms with Crippen molar-refractivity contribution in [1.29, 1.82) is 0 Å². The van der Waals surface area contributed by atoms with Crippen molar-refractivity contribution in [2.24, 2.45) is 8.73 Å². The van der Waals surface area contributed by atoms with Crippen molar-refractivity contribution >= 4 is 34.3 Å². The molecule has 2 aliphatic heterocycles. The lowest BCUT2D eigenvalue weighted by Gasteiger charge is -2.36. The molecule has 2 aliphatic rings. The molecule has 3 rings (SSSR count). The highest BCUT2D eigenvalue weighted by molar-refractivity contribution is 7.58. The first-order chi connectivity index (χ1) is 10.6. The number of carbonyl (C=O) groups excluding carboxylic acids is 1.